The molecule has 3 aromatic rings. The van der Waals surface area contributed by atoms with Gasteiger partial charge in [0.1, 0.15) is 6.33 Å². The molecule has 0 fully saturated rings. The Morgan fingerprint density at radius 1 is 1.13 bits per heavy atom. The number of nitrogens with zero attached hydrogens (tertiary/aromatic N) is 3. The van der Waals surface area contributed by atoms with Crippen LogP contribution >= 0.6 is 0 Å². The van der Waals surface area contributed by atoms with Gasteiger partial charge in [-0.3, -0.25) is 9.55 Å². The zero-order chi connectivity index (χ0) is 15.9. The second-order valence-electron chi connectivity index (χ2n) is 5.23. The number of carbonyl (C=O) groups is 1. The first-order valence-electron chi connectivity index (χ1n) is 7.59. The van der Waals surface area contributed by atoms with Crippen LogP contribution in [0.1, 0.15) is 12.0 Å². The van der Waals surface area contributed by atoms with Crippen LogP contribution in [0.2, 0.25) is 0 Å². The molecule has 5 nitrogen and oxygen atoms in total. The van der Waals surface area contributed by atoms with E-state index in [4.69, 9.17) is 0 Å². The summed E-state index contributed by atoms with van der Waals surface area (Å²) in [6.45, 7) is 0.633. The van der Waals surface area contributed by atoms with Crippen LogP contribution in [-0.2, 0) is 6.42 Å². The lowest BCUT2D eigenvalue weighted by molar-refractivity contribution is 0.242. The van der Waals surface area contributed by atoms with E-state index < -0.39 is 0 Å². The maximum Gasteiger partial charge on any atom is 0.326 e. The van der Waals surface area contributed by atoms with Crippen molar-refractivity contribution in [2.45, 2.75) is 12.8 Å². The fourth-order valence-electron chi connectivity index (χ4n) is 2.32. The van der Waals surface area contributed by atoms with Crippen molar-refractivity contribution in [1.82, 2.24) is 19.9 Å². The van der Waals surface area contributed by atoms with E-state index in [1.807, 2.05) is 30.3 Å². The van der Waals surface area contributed by atoms with Crippen molar-refractivity contribution in [2.24, 2.45) is 0 Å². The number of pyridine rings is 1. The Labute approximate surface area is 135 Å². The molecule has 0 spiro atoms. The number of amides is 1. The predicted molar refractivity (Wildman–Crippen MR) is 89.0 cm³/mol. The van der Waals surface area contributed by atoms with Gasteiger partial charge in [0, 0.05) is 30.7 Å². The molecule has 3 rings (SSSR count). The van der Waals surface area contributed by atoms with E-state index in [9.17, 15) is 4.79 Å². The number of aromatic nitrogens is 3. The number of aryl methyl sites for hydroxylation is 1. The fraction of sp³-hybridized carbons (Fsp3) is 0.167. The zero-order valence-corrected chi connectivity index (χ0v) is 12.7. The summed E-state index contributed by atoms with van der Waals surface area (Å²) >= 11 is 0. The summed E-state index contributed by atoms with van der Waals surface area (Å²) in [5, 5.41) is 2.90. The molecule has 23 heavy (non-hydrogen) atoms. The Balaban J connectivity index is 1.50. The Hall–Kier alpha value is -2.95. The van der Waals surface area contributed by atoms with Crippen LogP contribution in [0.3, 0.4) is 0 Å². The lowest BCUT2D eigenvalue weighted by Gasteiger charge is -2.05. The number of benzene rings is 1. The van der Waals surface area contributed by atoms with Gasteiger partial charge in [-0.1, -0.05) is 30.3 Å². The van der Waals surface area contributed by atoms with E-state index in [1.54, 1.807) is 18.6 Å². The summed E-state index contributed by atoms with van der Waals surface area (Å²) in [6.07, 6.45) is 8.52. The molecule has 1 aromatic carbocycles. The third kappa shape index (κ3) is 4.03. The van der Waals surface area contributed by atoms with E-state index in [0.717, 1.165) is 24.1 Å². The van der Waals surface area contributed by atoms with E-state index in [-0.39, 0.29) is 6.03 Å². The van der Waals surface area contributed by atoms with Crippen LogP contribution in [0, 0.1) is 0 Å². The molecule has 0 radical (unpaired) electrons. The molecule has 0 unspecified atom stereocenters. The zero-order valence-electron chi connectivity index (χ0n) is 12.7. The molecule has 0 saturated heterocycles. The van der Waals surface area contributed by atoms with E-state index >= 15 is 0 Å². The molecule has 0 saturated carbocycles. The van der Waals surface area contributed by atoms with Gasteiger partial charge in [-0.2, -0.15) is 0 Å². The molecule has 0 aliphatic rings. The maximum absolute atomic E-state index is 12.1. The average molecular weight is 306 g/mol. The standard InChI is InChI=1S/C18H18N4O/c23-18(20-11-4-8-15-6-2-1-3-7-15)22-13-17(21-14-22)16-9-5-10-19-12-16/h1-3,5-7,9-10,12-14H,4,8,11H2,(H,20,23). The average Bonchev–Trinajstić information content (AvgIpc) is 3.10. The maximum atomic E-state index is 12.1. The first kappa shape index (κ1) is 15.0. The summed E-state index contributed by atoms with van der Waals surface area (Å²) in [7, 11) is 0. The van der Waals surface area contributed by atoms with Gasteiger partial charge in [-0.25, -0.2) is 9.78 Å². The molecular weight excluding hydrogens is 288 g/mol. The number of imidazole rings is 1. The Morgan fingerprint density at radius 3 is 2.78 bits per heavy atom. The van der Waals surface area contributed by atoms with Crippen molar-refractivity contribution in [3.8, 4) is 11.3 Å². The number of carbonyl (C=O) groups excluding carboxylic acids is 1. The monoisotopic (exact) mass is 306 g/mol. The van der Waals surface area contributed by atoms with Crippen LogP contribution in [-0.4, -0.2) is 27.1 Å². The van der Waals surface area contributed by atoms with E-state index in [1.165, 1.54) is 16.5 Å². The van der Waals surface area contributed by atoms with Crippen molar-refractivity contribution in [1.29, 1.82) is 0 Å². The predicted octanol–water partition coefficient (Wildman–Crippen LogP) is 3.14. The van der Waals surface area contributed by atoms with Gasteiger partial charge >= 0.3 is 6.03 Å². The highest BCUT2D eigenvalue weighted by molar-refractivity contribution is 5.77. The molecule has 5 heteroatoms. The normalized spacial score (nSPS) is 10.4. The molecule has 2 heterocycles. The number of nitrogens with one attached hydrogen (secondary N) is 1. The fourth-order valence-corrected chi connectivity index (χ4v) is 2.32. The van der Waals surface area contributed by atoms with Crippen molar-refractivity contribution in [2.75, 3.05) is 6.54 Å². The quantitative estimate of drug-likeness (QED) is 0.737. The second kappa shape index (κ2) is 7.35. The minimum atomic E-state index is -0.166. The summed E-state index contributed by atoms with van der Waals surface area (Å²) in [4.78, 5) is 20.4. The Bertz CT molecular complexity index is 753. The minimum Gasteiger partial charge on any atom is -0.337 e. The van der Waals surface area contributed by atoms with Gasteiger partial charge in [0.2, 0.25) is 0 Å². The molecule has 1 N–H and O–H groups in total. The van der Waals surface area contributed by atoms with Gasteiger partial charge in [-0.05, 0) is 30.5 Å². The van der Waals surface area contributed by atoms with Gasteiger partial charge in [-0.15, -0.1) is 0 Å². The lowest BCUT2D eigenvalue weighted by atomic mass is 10.1. The highest BCUT2D eigenvalue weighted by Gasteiger charge is 2.07. The van der Waals surface area contributed by atoms with Crippen molar-refractivity contribution in [3.63, 3.8) is 0 Å². The third-order valence-electron chi connectivity index (χ3n) is 3.54. The summed E-state index contributed by atoms with van der Waals surface area (Å²) in [5.74, 6) is 0. The summed E-state index contributed by atoms with van der Waals surface area (Å²) < 4.78 is 1.46. The van der Waals surface area contributed by atoms with Crippen LogP contribution in [0.15, 0.2) is 67.4 Å². The minimum absolute atomic E-state index is 0.166. The molecule has 0 atom stereocenters. The van der Waals surface area contributed by atoms with Crippen LogP contribution < -0.4 is 5.32 Å². The molecule has 2 aromatic heterocycles. The molecule has 0 aliphatic carbocycles. The number of rotatable bonds is 5. The first-order chi connectivity index (χ1) is 11.3. The van der Waals surface area contributed by atoms with Crippen molar-refractivity contribution < 1.29 is 4.79 Å². The first-order valence-corrected chi connectivity index (χ1v) is 7.59. The highest BCUT2D eigenvalue weighted by atomic mass is 16.2. The molecule has 116 valence electrons. The number of hydrogen-bond acceptors (Lipinski definition) is 3. The van der Waals surface area contributed by atoms with Gasteiger partial charge in [0.15, 0.2) is 0 Å². The van der Waals surface area contributed by atoms with Crippen molar-refractivity contribution in [3.05, 3.63) is 72.9 Å². The summed E-state index contributed by atoms with van der Waals surface area (Å²) in [6, 6.07) is 13.8. The number of hydrogen-bond donors (Lipinski definition) is 1. The third-order valence-corrected chi connectivity index (χ3v) is 3.54. The van der Waals surface area contributed by atoms with Crippen LogP contribution in [0.25, 0.3) is 11.3 Å². The molecule has 0 aliphatic heterocycles. The smallest absolute Gasteiger partial charge is 0.326 e. The SMILES string of the molecule is O=C(NCCCc1ccccc1)n1cnc(-c2cccnc2)c1. The Kier molecular flexibility index (Phi) is 4.79. The van der Waals surface area contributed by atoms with E-state index in [2.05, 4.69) is 27.4 Å². The lowest BCUT2D eigenvalue weighted by Crippen LogP contribution is -2.28. The largest absolute Gasteiger partial charge is 0.337 e. The van der Waals surface area contributed by atoms with E-state index in [0.29, 0.717) is 6.54 Å². The van der Waals surface area contributed by atoms with Crippen LogP contribution in [0.5, 0.6) is 0 Å². The second-order valence-corrected chi connectivity index (χ2v) is 5.23. The molecule has 0 bridgehead atoms. The van der Waals surface area contributed by atoms with Crippen molar-refractivity contribution >= 4 is 6.03 Å². The molecular formula is C18H18N4O. The van der Waals surface area contributed by atoms with Gasteiger partial charge in [0.05, 0.1) is 5.69 Å². The van der Waals surface area contributed by atoms with Gasteiger partial charge in [0.25, 0.3) is 0 Å². The topological polar surface area (TPSA) is 59.8 Å². The highest BCUT2D eigenvalue weighted by Crippen LogP contribution is 2.14. The van der Waals surface area contributed by atoms with Crippen LogP contribution in [0.4, 0.5) is 4.79 Å². The Morgan fingerprint density at radius 2 is 2.00 bits per heavy atom. The molecule has 1 amide bonds. The summed E-state index contributed by atoms with van der Waals surface area (Å²) in [5.41, 5.74) is 2.91. The van der Waals surface area contributed by atoms with Gasteiger partial charge < -0.3 is 5.32 Å².